The lowest BCUT2D eigenvalue weighted by molar-refractivity contribution is 0.160. The fraction of sp³-hybridized carbons (Fsp3) is 0.455. The summed E-state index contributed by atoms with van der Waals surface area (Å²) in [5.41, 5.74) is 1.01. The van der Waals surface area contributed by atoms with Crippen LogP contribution in [0.15, 0.2) is 27.1 Å². The van der Waals surface area contributed by atoms with Gasteiger partial charge >= 0.3 is 0 Å². The van der Waals surface area contributed by atoms with E-state index in [4.69, 9.17) is 0 Å². The minimum absolute atomic E-state index is 0.299. The van der Waals surface area contributed by atoms with Crippen molar-refractivity contribution in [2.24, 2.45) is 5.92 Å². The average molecular weight is 320 g/mol. The van der Waals surface area contributed by atoms with Gasteiger partial charge in [0.05, 0.1) is 6.10 Å². The Balaban J connectivity index is 2.10. The van der Waals surface area contributed by atoms with Gasteiger partial charge in [-0.05, 0) is 61.9 Å². The van der Waals surface area contributed by atoms with Gasteiger partial charge in [-0.1, -0.05) is 18.9 Å². The molecule has 76 valence electrons. The first-order valence-electron chi connectivity index (χ1n) is 4.80. The summed E-state index contributed by atoms with van der Waals surface area (Å²) in [5.74, 6) is 0.757. The predicted octanol–water partition coefficient (Wildman–Crippen LogP) is 4.05. The Hall–Kier alpha value is 0.140. The molecule has 1 N–H and O–H groups in total. The van der Waals surface area contributed by atoms with E-state index in [9.17, 15) is 5.11 Å². The smallest absolute Gasteiger partial charge is 0.0793 e. The lowest BCUT2D eigenvalue weighted by atomic mass is 10.0. The van der Waals surface area contributed by atoms with Crippen molar-refractivity contribution in [3.05, 3.63) is 32.7 Å². The van der Waals surface area contributed by atoms with Crippen LogP contribution in [0, 0.1) is 5.92 Å². The summed E-state index contributed by atoms with van der Waals surface area (Å²) in [6, 6.07) is 5.93. The molecule has 1 unspecified atom stereocenters. The molecule has 0 radical (unpaired) electrons. The van der Waals surface area contributed by atoms with Crippen LogP contribution < -0.4 is 0 Å². The highest BCUT2D eigenvalue weighted by molar-refractivity contribution is 9.13. The third-order valence-electron chi connectivity index (χ3n) is 2.58. The largest absolute Gasteiger partial charge is 0.388 e. The number of hydrogen-bond acceptors (Lipinski definition) is 1. The van der Waals surface area contributed by atoms with Crippen molar-refractivity contribution in [2.75, 3.05) is 0 Å². The zero-order valence-corrected chi connectivity index (χ0v) is 10.9. The topological polar surface area (TPSA) is 20.2 Å². The highest BCUT2D eigenvalue weighted by Crippen LogP contribution is 2.38. The molecular formula is C11H12Br2O. The van der Waals surface area contributed by atoms with E-state index >= 15 is 0 Å². The zero-order chi connectivity index (χ0) is 10.1. The zero-order valence-electron chi connectivity index (χ0n) is 7.71. The van der Waals surface area contributed by atoms with E-state index in [0.29, 0.717) is 0 Å². The molecule has 0 spiro atoms. The second kappa shape index (κ2) is 4.33. The molecule has 1 aliphatic carbocycles. The van der Waals surface area contributed by atoms with Gasteiger partial charge in [0, 0.05) is 8.95 Å². The molecule has 14 heavy (non-hydrogen) atoms. The lowest BCUT2D eigenvalue weighted by Gasteiger charge is -2.10. The van der Waals surface area contributed by atoms with Crippen molar-refractivity contribution in [1.29, 1.82) is 0 Å². The summed E-state index contributed by atoms with van der Waals surface area (Å²) < 4.78 is 2.03. The van der Waals surface area contributed by atoms with Gasteiger partial charge in [-0.2, -0.15) is 0 Å². The first-order valence-corrected chi connectivity index (χ1v) is 6.38. The standard InChI is InChI=1S/C11H12Br2O/c12-9-4-3-8(6-10(9)13)11(14)5-7-1-2-7/h3-4,6-7,11,14H,1-2,5H2. The van der Waals surface area contributed by atoms with Crippen molar-refractivity contribution < 1.29 is 5.11 Å². The van der Waals surface area contributed by atoms with Crippen molar-refractivity contribution in [3.8, 4) is 0 Å². The number of aliphatic hydroxyl groups excluding tert-OH is 1. The SMILES string of the molecule is OC(CC1CC1)c1ccc(Br)c(Br)c1. The highest BCUT2D eigenvalue weighted by atomic mass is 79.9. The molecule has 3 heteroatoms. The molecule has 0 aliphatic heterocycles. The average Bonchev–Trinajstić information content (AvgIpc) is 2.93. The Morgan fingerprint density at radius 1 is 1.29 bits per heavy atom. The minimum Gasteiger partial charge on any atom is -0.388 e. The molecule has 1 aliphatic rings. The van der Waals surface area contributed by atoms with Crippen LogP contribution in [0.2, 0.25) is 0 Å². The van der Waals surface area contributed by atoms with Gasteiger partial charge in [0.25, 0.3) is 0 Å². The molecule has 0 bridgehead atoms. The van der Waals surface area contributed by atoms with E-state index in [1.807, 2.05) is 18.2 Å². The summed E-state index contributed by atoms with van der Waals surface area (Å²) in [7, 11) is 0. The highest BCUT2D eigenvalue weighted by Gasteiger charge is 2.25. The maximum absolute atomic E-state index is 9.91. The van der Waals surface area contributed by atoms with Crippen molar-refractivity contribution in [3.63, 3.8) is 0 Å². The first kappa shape index (κ1) is 10.7. The molecule has 1 aromatic carbocycles. The van der Waals surface area contributed by atoms with E-state index in [1.165, 1.54) is 12.8 Å². The van der Waals surface area contributed by atoms with Gasteiger partial charge < -0.3 is 5.11 Å². The van der Waals surface area contributed by atoms with Crippen LogP contribution >= 0.6 is 31.9 Å². The van der Waals surface area contributed by atoms with E-state index < -0.39 is 0 Å². The molecule has 0 amide bonds. The van der Waals surface area contributed by atoms with Gasteiger partial charge in [0.2, 0.25) is 0 Å². The van der Waals surface area contributed by atoms with E-state index in [1.54, 1.807) is 0 Å². The molecule has 0 aromatic heterocycles. The summed E-state index contributed by atoms with van der Waals surface area (Å²) in [5, 5.41) is 9.91. The maximum Gasteiger partial charge on any atom is 0.0793 e. The van der Waals surface area contributed by atoms with E-state index in [0.717, 1.165) is 26.8 Å². The van der Waals surface area contributed by atoms with Gasteiger partial charge in [-0.25, -0.2) is 0 Å². The second-order valence-corrected chi connectivity index (χ2v) is 5.58. The van der Waals surface area contributed by atoms with Crippen LogP contribution in [-0.4, -0.2) is 5.11 Å². The van der Waals surface area contributed by atoms with E-state index in [2.05, 4.69) is 31.9 Å². The number of halogens is 2. The molecular weight excluding hydrogens is 308 g/mol. The molecule has 1 aromatic rings. The van der Waals surface area contributed by atoms with Crippen LogP contribution in [0.5, 0.6) is 0 Å². The van der Waals surface area contributed by atoms with Crippen LogP contribution in [-0.2, 0) is 0 Å². The van der Waals surface area contributed by atoms with Gasteiger partial charge in [0.1, 0.15) is 0 Å². The second-order valence-electron chi connectivity index (χ2n) is 3.87. The summed E-state index contributed by atoms with van der Waals surface area (Å²) in [4.78, 5) is 0. The fourth-order valence-corrected chi connectivity index (χ4v) is 2.17. The van der Waals surface area contributed by atoms with Gasteiger partial charge in [-0.3, -0.25) is 0 Å². The normalized spacial score (nSPS) is 18.2. The molecule has 1 fully saturated rings. The van der Waals surface area contributed by atoms with Gasteiger partial charge in [0.15, 0.2) is 0 Å². The van der Waals surface area contributed by atoms with Crippen molar-refractivity contribution in [2.45, 2.75) is 25.4 Å². The molecule has 1 nitrogen and oxygen atoms in total. The number of hydrogen-bond donors (Lipinski definition) is 1. The Morgan fingerprint density at radius 2 is 2.00 bits per heavy atom. The van der Waals surface area contributed by atoms with E-state index in [-0.39, 0.29) is 6.10 Å². The molecule has 2 rings (SSSR count). The Morgan fingerprint density at radius 3 is 2.57 bits per heavy atom. The van der Waals surface area contributed by atoms with Crippen LogP contribution in [0.4, 0.5) is 0 Å². The number of aliphatic hydroxyl groups is 1. The molecule has 0 heterocycles. The summed E-state index contributed by atoms with van der Waals surface area (Å²) >= 11 is 6.85. The Bertz CT molecular complexity index is 334. The molecule has 0 saturated heterocycles. The fourth-order valence-electron chi connectivity index (χ4n) is 1.53. The minimum atomic E-state index is -0.299. The van der Waals surface area contributed by atoms with Crippen molar-refractivity contribution >= 4 is 31.9 Å². The number of benzene rings is 1. The first-order chi connectivity index (χ1) is 6.66. The summed E-state index contributed by atoms with van der Waals surface area (Å²) in [6.45, 7) is 0. The summed E-state index contributed by atoms with van der Waals surface area (Å²) in [6.07, 6.45) is 3.18. The Labute approximate surface area is 101 Å². The third-order valence-corrected chi connectivity index (χ3v) is 4.46. The molecule has 1 saturated carbocycles. The number of rotatable bonds is 3. The molecule has 1 atom stereocenters. The van der Waals surface area contributed by atoms with Crippen LogP contribution in [0.1, 0.15) is 30.9 Å². The quantitative estimate of drug-likeness (QED) is 0.891. The Kier molecular flexibility index (Phi) is 3.30. The predicted molar refractivity (Wildman–Crippen MR) is 64.1 cm³/mol. The maximum atomic E-state index is 9.91. The van der Waals surface area contributed by atoms with Crippen LogP contribution in [0.3, 0.4) is 0 Å². The van der Waals surface area contributed by atoms with Crippen molar-refractivity contribution in [1.82, 2.24) is 0 Å². The third kappa shape index (κ3) is 2.59. The van der Waals surface area contributed by atoms with Gasteiger partial charge in [-0.15, -0.1) is 0 Å². The monoisotopic (exact) mass is 318 g/mol. The lowest BCUT2D eigenvalue weighted by Crippen LogP contribution is -1.98. The van der Waals surface area contributed by atoms with Crippen LogP contribution in [0.25, 0.3) is 0 Å².